The molecule has 0 saturated carbocycles. The van der Waals surface area contributed by atoms with E-state index in [-0.39, 0.29) is 0 Å². The van der Waals surface area contributed by atoms with Gasteiger partial charge in [0.05, 0.1) is 23.9 Å². The molecule has 1 fully saturated rings. The third kappa shape index (κ3) is 8.07. The van der Waals surface area contributed by atoms with Gasteiger partial charge in [0.15, 0.2) is 6.29 Å². The first-order valence-corrected chi connectivity index (χ1v) is 10.0. The molecule has 7 atom stereocenters. The van der Waals surface area contributed by atoms with Crippen molar-refractivity contribution in [3.8, 4) is 0 Å². The first kappa shape index (κ1) is 26.2. The van der Waals surface area contributed by atoms with Gasteiger partial charge in [-0.25, -0.2) is 0 Å². The molecule has 0 aliphatic carbocycles. The van der Waals surface area contributed by atoms with Gasteiger partial charge in [-0.3, -0.25) is 0 Å². The summed E-state index contributed by atoms with van der Waals surface area (Å²) in [6.07, 6.45) is -1.87. The normalized spacial score (nSPS) is 31.9. The summed E-state index contributed by atoms with van der Waals surface area (Å²) >= 11 is 0. The highest BCUT2D eigenvalue weighted by atomic mass is 16.7. The first-order valence-electron chi connectivity index (χ1n) is 10.0. The minimum Gasteiger partial charge on any atom is -0.394 e. The monoisotopic (exact) mass is 418 g/mol. The molecule has 1 aliphatic rings. The second-order valence-electron chi connectivity index (χ2n) is 8.66. The molecule has 0 spiro atoms. The number of hydrogen-bond donors (Lipinski definition) is 6. The minimum atomic E-state index is -1.53. The van der Waals surface area contributed by atoms with Gasteiger partial charge in [-0.15, -0.1) is 6.58 Å². The Balaban J connectivity index is 2.72. The molecule has 170 valence electrons. The zero-order chi connectivity index (χ0) is 22.4. The minimum absolute atomic E-state index is 0.415. The molecule has 1 unspecified atom stereocenters. The average molecular weight is 419 g/mol. The molecule has 0 bridgehead atoms. The highest BCUT2D eigenvalue weighted by Crippen LogP contribution is 2.28. The molecular weight excluding hydrogens is 380 g/mol. The Kier molecular flexibility index (Phi) is 9.91. The summed E-state index contributed by atoms with van der Waals surface area (Å²) in [4.78, 5) is 0. The van der Waals surface area contributed by atoms with Crippen LogP contribution in [0.15, 0.2) is 24.3 Å². The molecular formula is C21H38O8. The summed E-state index contributed by atoms with van der Waals surface area (Å²) in [6.45, 7) is 9.84. The molecule has 8 nitrogen and oxygen atoms in total. The maximum atomic E-state index is 10.5. The lowest BCUT2D eigenvalue weighted by atomic mass is 9.94. The van der Waals surface area contributed by atoms with Gasteiger partial charge < -0.3 is 40.1 Å². The predicted molar refractivity (Wildman–Crippen MR) is 108 cm³/mol. The lowest BCUT2D eigenvalue weighted by Gasteiger charge is -2.42. The number of ether oxygens (including phenoxy) is 2. The molecule has 0 aromatic heterocycles. The van der Waals surface area contributed by atoms with Gasteiger partial charge in [0, 0.05) is 0 Å². The lowest BCUT2D eigenvalue weighted by molar-refractivity contribution is -0.322. The first-order chi connectivity index (χ1) is 13.3. The van der Waals surface area contributed by atoms with Crippen LogP contribution in [0.1, 0.15) is 53.4 Å². The number of hydrogen-bond acceptors (Lipinski definition) is 8. The molecule has 0 aromatic carbocycles. The fourth-order valence-electron chi connectivity index (χ4n) is 3.10. The van der Waals surface area contributed by atoms with Crippen molar-refractivity contribution in [1.82, 2.24) is 0 Å². The van der Waals surface area contributed by atoms with Crippen LogP contribution in [0, 0.1) is 0 Å². The summed E-state index contributed by atoms with van der Waals surface area (Å²) in [6, 6.07) is 0. The van der Waals surface area contributed by atoms with Crippen LogP contribution in [-0.4, -0.2) is 85.3 Å². The third-order valence-corrected chi connectivity index (χ3v) is 5.32. The molecule has 8 heteroatoms. The maximum absolute atomic E-state index is 10.5. The van der Waals surface area contributed by atoms with Gasteiger partial charge in [0.1, 0.15) is 24.4 Å². The Morgan fingerprint density at radius 2 is 1.76 bits per heavy atom. The van der Waals surface area contributed by atoms with E-state index in [0.29, 0.717) is 25.7 Å². The van der Waals surface area contributed by atoms with E-state index in [1.54, 1.807) is 20.8 Å². The second-order valence-corrected chi connectivity index (χ2v) is 8.66. The van der Waals surface area contributed by atoms with E-state index in [2.05, 4.69) is 6.58 Å². The van der Waals surface area contributed by atoms with E-state index in [9.17, 15) is 30.6 Å². The van der Waals surface area contributed by atoms with Crippen molar-refractivity contribution in [2.45, 2.75) is 101 Å². The Bertz CT molecular complexity index is 537. The Morgan fingerprint density at radius 3 is 2.28 bits per heavy atom. The van der Waals surface area contributed by atoms with Crippen molar-refractivity contribution in [2.24, 2.45) is 0 Å². The number of allylic oxidation sites excluding steroid dienone is 2. The van der Waals surface area contributed by atoms with E-state index < -0.39 is 54.6 Å². The van der Waals surface area contributed by atoms with Gasteiger partial charge in [-0.2, -0.15) is 0 Å². The van der Waals surface area contributed by atoms with Crippen LogP contribution in [0.4, 0.5) is 0 Å². The summed E-state index contributed by atoms with van der Waals surface area (Å²) in [5, 5.41) is 59.7. The average Bonchev–Trinajstić information content (AvgIpc) is 2.63. The molecule has 0 aromatic rings. The van der Waals surface area contributed by atoms with Crippen LogP contribution in [0.5, 0.6) is 0 Å². The van der Waals surface area contributed by atoms with Gasteiger partial charge in [-0.05, 0) is 53.4 Å². The van der Waals surface area contributed by atoms with Crippen molar-refractivity contribution in [1.29, 1.82) is 0 Å². The van der Waals surface area contributed by atoms with E-state index in [4.69, 9.17) is 9.47 Å². The fraction of sp³-hybridized carbons (Fsp3) is 0.810. The van der Waals surface area contributed by atoms with Crippen LogP contribution in [0.3, 0.4) is 0 Å². The van der Waals surface area contributed by atoms with Crippen LogP contribution < -0.4 is 0 Å². The van der Waals surface area contributed by atoms with Crippen molar-refractivity contribution < 1.29 is 40.1 Å². The van der Waals surface area contributed by atoms with Crippen molar-refractivity contribution in [3.05, 3.63) is 24.3 Å². The fourth-order valence-corrected chi connectivity index (χ4v) is 3.10. The molecule has 29 heavy (non-hydrogen) atoms. The largest absolute Gasteiger partial charge is 0.394 e. The molecule has 1 heterocycles. The Labute approximate surface area is 173 Å². The SMILES string of the molecule is C=CC(C)(O)CC/C=C(\C)CC[C@@H](O[C@@H]1O[C@H](CO)[C@@H](O)[C@H](O)[C@H]1O)C(C)(C)O. The molecule has 0 amide bonds. The van der Waals surface area contributed by atoms with Crippen molar-refractivity contribution >= 4 is 0 Å². The highest BCUT2D eigenvalue weighted by molar-refractivity contribution is 5.02. The van der Waals surface area contributed by atoms with Crippen molar-refractivity contribution in [2.75, 3.05) is 6.61 Å². The third-order valence-electron chi connectivity index (χ3n) is 5.32. The van der Waals surface area contributed by atoms with Crippen LogP contribution in [0.25, 0.3) is 0 Å². The van der Waals surface area contributed by atoms with Gasteiger partial charge in [0.2, 0.25) is 0 Å². The number of aliphatic hydroxyl groups is 6. The summed E-state index contributed by atoms with van der Waals surface area (Å²) in [5.41, 5.74) is -1.12. The Hall–Kier alpha value is -0.840. The number of aliphatic hydroxyl groups excluding tert-OH is 4. The van der Waals surface area contributed by atoms with E-state index in [0.717, 1.165) is 5.57 Å². The second kappa shape index (κ2) is 11.0. The molecule has 1 saturated heterocycles. The van der Waals surface area contributed by atoms with Gasteiger partial charge >= 0.3 is 0 Å². The van der Waals surface area contributed by atoms with Gasteiger partial charge in [0.25, 0.3) is 0 Å². The molecule has 1 rings (SSSR count). The van der Waals surface area contributed by atoms with Crippen LogP contribution >= 0.6 is 0 Å². The summed E-state index contributed by atoms with van der Waals surface area (Å²) < 4.78 is 11.1. The standard InChI is InChI=1S/C21H38O8/c1-6-21(5,27)11-7-8-13(2)9-10-15(20(3,4)26)29-19-18(25)17(24)16(23)14(12-22)28-19/h6,8,14-19,22-27H,1,7,9-12H2,2-5H3/b13-8+/t14-,15-,16-,17+,18-,19+,21?/m1/s1. The highest BCUT2D eigenvalue weighted by Gasteiger charge is 2.46. The topological polar surface area (TPSA) is 140 Å². The zero-order valence-corrected chi connectivity index (χ0v) is 17.9. The van der Waals surface area contributed by atoms with Gasteiger partial charge in [-0.1, -0.05) is 17.7 Å². The van der Waals surface area contributed by atoms with E-state index >= 15 is 0 Å². The zero-order valence-electron chi connectivity index (χ0n) is 17.9. The van der Waals surface area contributed by atoms with E-state index in [1.807, 2.05) is 13.0 Å². The summed E-state index contributed by atoms with van der Waals surface area (Å²) in [7, 11) is 0. The lowest BCUT2D eigenvalue weighted by Crippen LogP contribution is -2.60. The predicted octanol–water partition coefficient (Wildman–Crippen LogP) is 0.386. The maximum Gasteiger partial charge on any atom is 0.187 e. The van der Waals surface area contributed by atoms with E-state index in [1.165, 1.54) is 6.08 Å². The molecule has 1 aliphatic heterocycles. The smallest absolute Gasteiger partial charge is 0.187 e. The quantitative estimate of drug-likeness (QED) is 0.265. The number of rotatable bonds is 11. The van der Waals surface area contributed by atoms with Crippen LogP contribution in [-0.2, 0) is 9.47 Å². The molecule has 0 radical (unpaired) electrons. The van der Waals surface area contributed by atoms with Crippen LogP contribution in [0.2, 0.25) is 0 Å². The molecule has 6 N–H and O–H groups in total. The van der Waals surface area contributed by atoms with Crippen molar-refractivity contribution in [3.63, 3.8) is 0 Å². The summed E-state index contributed by atoms with van der Waals surface area (Å²) in [5.74, 6) is 0. The Morgan fingerprint density at radius 1 is 1.14 bits per heavy atom.